The van der Waals surface area contributed by atoms with Crippen LogP contribution in [0.3, 0.4) is 0 Å². The van der Waals surface area contributed by atoms with Gasteiger partial charge in [0.15, 0.2) is 5.96 Å². The van der Waals surface area contributed by atoms with E-state index < -0.39 is 11.6 Å². The van der Waals surface area contributed by atoms with Crippen LogP contribution in [-0.4, -0.2) is 55.0 Å². The first kappa shape index (κ1) is 21.3. The second kappa shape index (κ2) is 10.4. The predicted octanol–water partition coefficient (Wildman–Crippen LogP) is 3.47. The molecule has 0 bridgehead atoms. The Morgan fingerprint density at radius 1 is 1.23 bits per heavy atom. The summed E-state index contributed by atoms with van der Waals surface area (Å²) in [6.07, 6.45) is 3.80. The van der Waals surface area contributed by atoms with Crippen molar-refractivity contribution in [2.75, 3.05) is 39.3 Å². The second-order valence-corrected chi connectivity index (χ2v) is 7.01. The van der Waals surface area contributed by atoms with Crippen LogP contribution in [0.4, 0.5) is 8.78 Å². The van der Waals surface area contributed by atoms with Crippen LogP contribution >= 0.6 is 24.0 Å². The standard InChI is InChI=1S/C19H28F2N4.HI/c1-2-22-19(23-12-16-11-17(20)5-6-18(16)21)25-10-7-15(14-25)13-24-8-3-4-9-24;/h5-6,11,15H,2-4,7-10,12-14H2,1H3,(H,22,23);1H. The molecule has 7 heteroatoms. The monoisotopic (exact) mass is 478 g/mol. The molecule has 1 N–H and O–H groups in total. The number of nitrogens with zero attached hydrogens (tertiary/aromatic N) is 3. The average molecular weight is 478 g/mol. The third-order valence-electron chi connectivity index (χ3n) is 5.04. The molecule has 2 aliphatic rings. The fourth-order valence-electron chi connectivity index (χ4n) is 3.75. The highest BCUT2D eigenvalue weighted by Gasteiger charge is 2.27. The molecule has 0 spiro atoms. The van der Waals surface area contributed by atoms with Crippen molar-refractivity contribution in [3.63, 3.8) is 0 Å². The van der Waals surface area contributed by atoms with Crippen LogP contribution in [0, 0.1) is 17.6 Å². The maximum Gasteiger partial charge on any atom is 0.194 e. The van der Waals surface area contributed by atoms with Crippen molar-refractivity contribution >= 4 is 29.9 Å². The number of hydrogen-bond acceptors (Lipinski definition) is 2. The Morgan fingerprint density at radius 2 is 2.00 bits per heavy atom. The normalized spacial score (nSPS) is 21.1. The Hall–Kier alpha value is -0.960. The number of rotatable bonds is 5. The van der Waals surface area contributed by atoms with Crippen LogP contribution in [0.1, 0.15) is 31.7 Å². The zero-order valence-electron chi connectivity index (χ0n) is 15.4. The van der Waals surface area contributed by atoms with Gasteiger partial charge in [0.2, 0.25) is 0 Å². The quantitative estimate of drug-likeness (QED) is 0.400. The molecule has 0 saturated carbocycles. The molecule has 2 fully saturated rings. The summed E-state index contributed by atoms with van der Waals surface area (Å²) in [5, 5.41) is 3.29. The van der Waals surface area contributed by atoms with Crippen molar-refractivity contribution in [1.29, 1.82) is 0 Å². The first-order valence-corrected chi connectivity index (χ1v) is 9.35. The Balaban J connectivity index is 0.00000243. The third kappa shape index (κ3) is 5.77. The lowest BCUT2D eigenvalue weighted by atomic mass is 10.1. The van der Waals surface area contributed by atoms with E-state index in [2.05, 4.69) is 20.1 Å². The van der Waals surface area contributed by atoms with Crippen molar-refractivity contribution in [2.24, 2.45) is 10.9 Å². The highest BCUT2D eigenvalue weighted by molar-refractivity contribution is 14.0. The number of aliphatic imine (C=N–C) groups is 1. The van der Waals surface area contributed by atoms with E-state index in [0.29, 0.717) is 11.5 Å². The molecular weight excluding hydrogens is 449 g/mol. The third-order valence-corrected chi connectivity index (χ3v) is 5.04. The van der Waals surface area contributed by atoms with Gasteiger partial charge in [-0.3, -0.25) is 0 Å². The summed E-state index contributed by atoms with van der Waals surface area (Å²) < 4.78 is 27.1. The summed E-state index contributed by atoms with van der Waals surface area (Å²) in [6.45, 7) is 8.50. The first-order valence-electron chi connectivity index (χ1n) is 9.35. The van der Waals surface area contributed by atoms with E-state index in [4.69, 9.17) is 0 Å². The molecular formula is C19H29F2IN4. The van der Waals surface area contributed by atoms with Crippen molar-refractivity contribution in [1.82, 2.24) is 15.1 Å². The fraction of sp³-hybridized carbons (Fsp3) is 0.632. The molecule has 26 heavy (non-hydrogen) atoms. The predicted molar refractivity (Wildman–Crippen MR) is 112 cm³/mol. The van der Waals surface area contributed by atoms with E-state index in [1.165, 1.54) is 32.0 Å². The fourth-order valence-corrected chi connectivity index (χ4v) is 3.75. The molecule has 0 aliphatic carbocycles. The van der Waals surface area contributed by atoms with Crippen LogP contribution in [0.25, 0.3) is 0 Å². The molecule has 146 valence electrons. The number of benzene rings is 1. The lowest BCUT2D eigenvalue weighted by Gasteiger charge is -2.23. The van der Waals surface area contributed by atoms with Gasteiger partial charge in [0.1, 0.15) is 11.6 Å². The number of guanidine groups is 1. The largest absolute Gasteiger partial charge is 0.357 e. The van der Waals surface area contributed by atoms with Gasteiger partial charge in [-0.25, -0.2) is 13.8 Å². The van der Waals surface area contributed by atoms with Gasteiger partial charge < -0.3 is 15.1 Å². The molecule has 2 saturated heterocycles. The van der Waals surface area contributed by atoms with Crippen LogP contribution in [0.5, 0.6) is 0 Å². The Labute approximate surface area is 172 Å². The molecule has 0 amide bonds. The molecule has 3 rings (SSSR count). The molecule has 1 aromatic carbocycles. The van der Waals surface area contributed by atoms with Crippen LogP contribution in [0.2, 0.25) is 0 Å². The summed E-state index contributed by atoms with van der Waals surface area (Å²) in [4.78, 5) is 9.35. The smallest absolute Gasteiger partial charge is 0.194 e. The number of nitrogens with one attached hydrogen (secondary N) is 1. The van der Waals surface area contributed by atoms with Crippen molar-refractivity contribution < 1.29 is 8.78 Å². The minimum absolute atomic E-state index is 0. The second-order valence-electron chi connectivity index (χ2n) is 7.01. The van der Waals surface area contributed by atoms with Gasteiger partial charge in [0, 0.05) is 31.7 Å². The summed E-state index contributed by atoms with van der Waals surface area (Å²) >= 11 is 0. The minimum Gasteiger partial charge on any atom is -0.357 e. The molecule has 1 atom stereocenters. The molecule has 2 aliphatic heterocycles. The number of likely N-dealkylation sites (tertiary alicyclic amines) is 2. The molecule has 4 nitrogen and oxygen atoms in total. The summed E-state index contributed by atoms with van der Waals surface area (Å²) in [6, 6.07) is 3.52. The van der Waals surface area contributed by atoms with Crippen LogP contribution < -0.4 is 5.32 Å². The Kier molecular flexibility index (Phi) is 8.53. The molecule has 2 heterocycles. The van der Waals surface area contributed by atoms with Gasteiger partial charge in [-0.2, -0.15) is 0 Å². The van der Waals surface area contributed by atoms with Gasteiger partial charge in [-0.05, 0) is 63.4 Å². The lowest BCUT2D eigenvalue weighted by Crippen LogP contribution is -2.40. The Morgan fingerprint density at radius 3 is 2.73 bits per heavy atom. The molecule has 0 radical (unpaired) electrons. The summed E-state index contributed by atoms with van der Waals surface area (Å²) in [5.74, 6) is 0.626. The van der Waals surface area contributed by atoms with Gasteiger partial charge in [-0.1, -0.05) is 0 Å². The van der Waals surface area contributed by atoms with E-state index in [-0.39, 0.29) is 30.5 Å². The van der Waals surface area contributed by atoms with Gasteiger partial charge in [0.25, 0.3) is 0 Å². The van der Waals surface area contributed by atoms with Gasteiger partial charge in [0.05, 0.1) is 6.54 Å². The molecule has 0 aromatic heterocycles. The van der Waals surface area contributed by atoms with E-state index in [1.807, 2.05) is 6.92 Å². The molecule has 1 unspecified atom stereocenters. The maximum absolute atomic E-state index is 13.8. The van der Waals surface area contributed by atoms with E-state index in [0.717, 1.165) is 50.7 Å². The lowest BCUT2D eigenvalue weighted by molar-refractivity contribution is 0.281. The van der Waals surface area contributed by atoms with Crippen molar-refractivity contribution in [2.45, 2.75) is 32.7 Å². The first-order chi connectivity index (χ1) is 12.2. The molecule has 1 aromatic rings. The zero-order valence-corrected chi connectivity index (χ0v) is 17.7. The van der Waals surface area contributed by atoms with Gasteiger partial charge in [-0.15, -0.1) is 24.0 Å². The SMILES string of the molecule is CCNC(=NCc1cc(F)ccc1F)N1CCC(CN2CCCC2)C1.I. The topological polar surface area (TPSA) is 30.9 Å². The van der Waals surface area contributed by atoms with E-state index in [9.17, 15) is 8.78 Å². The minimum atomic E-state index is -0.427. The van der Waals surface area contributed by atoms with Crippen molar-refractivity contribution in [3.8, 4) is 0 Å². The zero-order chi connectivity index (χ0) is 17.6. The van der Waals surface area contributed by atoms with Crippen molar-refractivity contribution in [3.05, 3.63) is 35.4 Å². The highest BCUT2D eigenvalue weighted by atomic mass is 127. The van der Waals surface area contributed by atoms with E-state index >= 15 is 0 Å². The number of hydrogen-bond donors (Lipinski definition) is 1. The van der Waals surface area contributed by atoms with Crippen LogP contribution in [-0.2, 0) is 6.54 Å². The van der Waals surface area contributed by atoms with Crippen LogP contribution in [0.15, 0.2) is 23.2 Å². The highest BCUT2D eigenvalue weighted by Crippen LogP contribution is 2.20. The maximum atomic E-state index is 13.8. The summed E-state index contributed by atoms with van der Waals surface area (Å²) in [7, 11) is 0. The van der Waals surface area contributed by atoms with Gasteiger partial charge >= 0.3 is 0 Å². The number of halogens is 3. The Bertz CT molecular complexity index is 605. The van der Waals surface area contributed by atoms with E-state index in [1.54, 1.807) is 0 Å². The summed E-state index contributed by atoms with van der Waals surface area (Å²) in [5.41, 5.74) is 0.295. The average Bonchev–Trinajstić information content (AvgIpc) is 3.27.